The van der Waals surface area contributed by atoms with Crippen molar-refractivity contribution in [2.45, 2.75) is 13.5 Å². The molecular formula is C19H22N2O2. The van der Waals surface area contributed by atoms with Crippen LogP contribution in [0.4, 0.5) is 10.5 Å². The molecule has 2 aromatic rings. The quantitative estimate of drug-likeness (QED) is 0.808. The van der Waals surface area contributed by atoms with Gasteiger partial charge in [-0.15, -0.1) is 0 Å². The second-order valence-corrected chi connectivity index (χ2v) is 5.46. The number of nitrogens with zero attached hydrogens (tertiary/aromatic N) is 1. The molecule has 0 saturated heterocycles. The van der Waals surface area contributed by atoms with Crippen LogP contribution in [0.3, 0.4) is 0 Å². The third kappa shape index (κ3) is 5.18. The molecule has 120 valence electrons. The third-order valence-electron chi connectivity index (χ3n) is 3.31. The summed E-state index contributed by atoms with van der Waals surface area (Å²) in [5, 5.41) is 2.91. The number of rotatable bonds is 6. The van der Waals surface area contributed by atoms with Crippen LogP contribution in [0.15, 0.2) is 66.7 Å². The standard InChI is InChI=1S/C19H22N2O2/c1-15(2)13-21(14-16-7-5-4-6-8-16)19(22)20-17-9-11-18(23-3)12-10-17/h4-12H,1,13-14H2,2-3H3,(H,20,22). The molecule has 2 amide bonds. The van der Waals surface area contributed by atoms with Crippen LogP contribution in [0, 0.1) is 0 Å². The second kappa shape index (κ2) is 8.03. The minimum absolute atomic E-state index is 0.151. The lowest BCUT2D eigenvalue weighted by atomic mass is 10.2. The van der Waals surface area contributed by atoms with Crippen molar-refractivity contribution in [3.8, 4) is 5.75 Å². The van der Waals surface area contributed by atoms with Gasteiger partial charge in [0.05, 0.1) is 7.11 Å². The lowest BCUT2D eigenvalue weighted by Crippen LogP contribution is -2.35. The number of carbonyl (C=O) groups is 1. The van der Waals surface area contributed by atoms with Gasteiger partial charge in [0.1, 0.15) is 5.75 Å². The van der Waals surface area contributed by atoms with Crippen molar-refractivity contribution in [2.75, 3.05) is 19.0 Å². The van der Waals surface area contributed by atoms with E-state index >= 15 is 0 Å². The summed E-state index contributed by atoms with van der Waals surface area (Å²) < 4.78 is 5.12. The van der Waals surface area contributed by atoms with Gasteiger partial charge in [0, 0.05) is 18.8 Å². The Morgan fingerprint density at radius 1 is 1.13 bits per heavy atom. The van der Waals surface area contributed by atoms with Gasteiger partial charge in [-0.3, -0.25) is 0 Å². The number of nitrogens with one attached hydrogen (secondary N) is 1. The van der Waals surface area contributed by atoms with Gasteiger partial charge in [-0.2, -0.15) is 0 Å². The van der Waals surface area contributed by atoms with Crippen LogP contribution in [-0.2, 0) is 6.54 Å². The SMILES string of the molecule is C=C(C)CN(Cc1ccccc1)C(=O)Nc1ccc(OC)cc1. The summed E-state index contributed by atoms with van der Waals surface area (Å²) >= 11 is 0. The van der Waals surface area contributed by atoms with Gasteiger partial charge in [-0.1, -0.05) is 42.5 Å². The van der Waals surface area contributed by atoms with Gasteiger partial charge in [0.15, 0.2) is 0 Å². The zero-order valence-electron chi connectivity index (χ0n) is 13.6. The highest BCUT2D eigenvalue weighted by Gasteiger charge is 2.14. The minimum Gasteiger partial charge on any atom is -0.497 e. The molecule has 2 rings (SSSR count). The molecule has 0 unspecified atom stereocenters. The van der Waals surface area contributed by atoms with Crippen molar-refractivity contribution >= 4 is 11.7 Å². The Morgan fingerprint density at radius 3 is 2.35 bits per heavy atom. The maximum absolute atomic E-state index is 12.5. The van der Waals surface area contributed by atoms with Gasteiger partial charge in [0.2, 0.25) is 0 Å². The van der Waals surface area contributed by atoms with E-state index in [4.69, 9.17) is 4.74 Å². The van der Waals surface area contributed by atoms with Crippen LogP contribution < -0.4 is 10.1 Å². The first-order chi connectivity index (χ1) is 11.1. The summed E-state index contributed by atoms with van der Waals surface area (Å²) in [7, 11) is 1.61. The van der Waals surface area contributed by atoms with Gasteiger partial charge in [-0.05, 0) is 36.8 Å². The van der Waals surface area contributed by atoms with Crippen molar-refractivity contribution in [2.24, 2.45) is 0 Å². The molecule has 0 aliphatic carbocycles. The number of ether oxygens (including phenoxy) is 1. The fourth-order valence-electron chi connectivity index (χ4n) is 2.21. The number of anilines is 1. The highest BCUT2D eigenvalue weighted by Crippen LogP contribution is 2.16. The number of carbonyl (C=O) groups excluding carboxylic acids is 1. The molecular weight excluding hydrogens is 288 g/mol. The highest BCUT2D eigenvalue weighted by molar-refractivity contribution is 5.89. The van der Waals surface area contributed by atoms with E-state index in [1.807, 2.05) is 61.5 Å². The molecule has 2 aromatic carbocycles. The Bertz CT molecular complexity index is 651. The molecule has 0 bridgehead atoms. The monoisotopic (exact) mass is 310 g/mol. The van der Waals surface area contributed by atoms with E-state index in [0.29, 0.717) is 13.1 Å². The normalized spacial score (nSPS) is 10.0. The largest absolute Gasteiger partial charge is 0.497 e. The summed E-state index contributed by atoms with van der Waals surface area (Å²) in [5.74, 6) is 0.756. The summed E-state index contributed by atoms with van der Waals surface area (Å²) in [5.41, 5.74) is 2.75. The molecule has 0 radical (unpaired) electrons. The van der Waals surface area contributed by atoms with E-state index in [2.05, 4.69) is 11.9 Å². The molecule has 4 heteroatoms. The molecule has 0 saturated carbocycles. The van der Waals surface area contributed by atoms with Gasteiger partial charge in [0.25, 0.3) is 0 Å². The summed E-state index contributed by atoms with van der Waals surface area (Å²) in [6.45, 7) is 6.87. The van der Waals surface area contributed by atoms with Crippen molar-refractivity contribution in [1.82, 2.24) is 4.90 Å². The van der Waals surface area contributed by atoms with Crippen molar-refractivity contribution in [1.29, 1.82) is 0 Å². The third-order valence-corrected chi connectivity index (χ3v) is 3.31. The second-order valence-electron chi connectivity index (χ2n) is 5.46. The summed E-state index contributed by atoms with van der Waals surface area (Å²) in [6.07, 6.45) is 0. The van der Waals surface area contributed by atoms with Gasteiger partial charge < -0.3 is 15.0 Å². The van der Waals surface area contributed by atoms with Crippen LogP contribution in [0.25, 0.3) is 0 Å². The Labute approximate surface area is 137 Å². The number of methoxy groups -OCH3 is 1. The van der Waals surface area contributed by atoms with Gasteiger partial charge in [-0.25, -0.2) is 4.79 Å². The predicted molar refractivity (Wildman–Crippen MR) is 93.7 cm³/mol. The zero-order chi connectivity index (χ0) is 16.7. The molecule has 0 spiro atoms. The zero-order valence-corrected chi connectivity index (χ0v) is 13.6. The number of amides is 2. The van der Waals surface area contributed by atoms with Crippen LogP contribution >= 0.6 is 0 Å². The smallest absolute Gasteiger partial charge is 0.322 e. The van der Waals surface area contributed by atoms with E-state index < -0.39 is 0 Å². The van der Waals surface area contributed by atoms with Crippen molar-refractivity contribution < 1.29 is 9.53 Å². The molecule has 1 N–H and O–H groups in total. The van der Waals surface area contributed by atoms with Crippen molar-refractivity contribution in [3.63, 3.8) is 0 Å². The van der Waals surface area contributed by atoms with Crippen LogP contribution in [0.1, 0.15) is 12.5 Å². The van der Waals surface area contributed by atoms with Crippen LogP contribution in [0.5, 0.6) is 5.75 Å². The number of benzene rings is 2. The first-order valence-electron chi connectivity index (χ1n) is 7.47. The Morgan fingerprint density at radius 2 is 1.78 bits per heavy atom. The lowest BCUT2D eigenvalue weighted by Gasteiger charge is -2.23. The first-order valence-corrected chi connectivity index (χ1v) is 7.47. The predicted octanol–water partition coefficient (Wildman–Crippen LogP) is 4.31. The average Bonchev–Trinajstić information content (AvgIpc) is 2.55. The maximum atomic E-state index is 12.5. The summed E-state index contributed by atoms with van der Waals surface area (Å²) in [6, 6.07) is 17.0. The Hall–Kier alpha value is -2.75. The van der Waals surface area contributed by atoms with Gasteiger partial charge >= 0.3 is 6.03 Å². The number of hydrogen-bond donors (Lipinski definition) is 1. The van der Waals surface area contributed by atoms with E-state index in [1.54, 1.807) is 12.0 Å². The average molecular weight is 310 g/mol. The highest BCUT2D eigenvalue weighted by atomic mass is 16.5. The van der Waals surface area contributed by atoms with Crippen LogP contribution in [-0.4, -0.2) is 24.6 Å². The Balaban J connectivity index is 2.07. The first kappa shape index (κ1) is 16.6. The minimum atomic E-state index is -0.151. The van der Waals surface area contributed by atoms with E-state index in [-0.39, 0.29) is 6.03 Å². The number of hydrogen-bond acceptors (Lipinski definition) is 2. The van der Waals surface area contributed by atoms with Crippen LogP contribution in [0.2, 0.25) is 0 Å². The molecule has 23 heavy (non-hydrogen) atoms. The molecule has 4 nitrogen and oxygen atoms in total. The Kier molecular flexibility index (Phi) is 5.80. The fraction of sp³-hybridized carbons (Fsp3) is 0.211. The van der Waals surface area contributed by atoms with E-state index in [0.717, 1.165) is 22.6 Å². The summed E-state index contributed by atoms with van der Waals surface area (Å²) in [4.78, 5) is 14.3. The molecule has 0 aliphatic rings. The van der Waals surface area contributed by atoms with Crippen molar-refractivity contribution in [3.05, 3.63) is 72.3 Å². The van der Waals surface area contributed by atoms with E-state index in [1.165, 1.54) is 0 Å². The lowest BCUT2D eigenvalue weighted by molar-refractivity contribution is 0.214. The van der Waals surface area contributed by atoms with E-state index in [9.17, 15) is 4.79 Å². The maximum Gasteiger partial charge on any atom is 0.322 e. The fourth-order valence-corrected chi connectivity index (χ4v) is 2.21. The topological polar surface area (TPSA) is 41.6 Å². The molecule has 0 fully saturated rings. The molecule has 0 atom stereocenters. The molecule has 0 aliphatic heterocycles. The molecule has 0 aromatic heterocycles. The molecule has 0 heterocycles. The number of urea groups is 1.